The molecule has 1 aliphatic rings. The fourth-order valence-corrected chi connectivity index (χ4v) is 4.58. The molecule has 2 aromatic rings. The van der Waals surface area contributed by atoms with Gasteiger partial charge in [-0.15, -0.1) is 11.3 Å². The van der Waals surface area contributed by atoms with E-state index in [1.54, 1.807) is 11.3 Å². The number of hydrogen-bond donors (Lipinski definition) is 1. The highest BCUT2D eigenvalue weighted by Gasteiger charge is 2.24. The third-order valence-corrected chi connectivity index (χ3v) is 6.20. The molecular formula is C23H32N2O2S. The van der Waals surface area contributed by atoms with E-state index in [0.717, 1.165) is 56.6 Å². The zero-order chi connectivity index (χ0) is 19.8. The number of rotatable bonds is 9. The van der Waals surface area contributed by atoms with E-state index in [1.165, 1.54) is 4.88 Å². The van der Waals surface area contributed by atoms with Crippen LogP contribution in [0.15, 0.2) is 41.8 Å². The lowest BCUT2D eigenvalue weighted by atomic mass is 10.1. The molecule has 1 aromatic carbocycles. The number of nitrogens with one attached hydrogen (secondary N) is 1. The molecule has 1 aliphatic heterocycles. The van der Waals surface area contributed by atoms with Crippen molar-refractivity contribution >= 4 is 22.9 Å². The molecule has 2 heterocycles. The van der Waals surface area contributed by atoms with Gasteiger partial charge in [0.05, 0.1) is 0 Å². The van der Waals surface area contributed by atoms with E-state index in [0.29, 0.717) is 12.5 Å². The first-order valence-corrected chi connectivity index (χ1v) is 11.4. The highest BCUT2D eigenvalue weighted by molar-refractivity contribution is 7.10. The molecule has 152 valence electrons. The van der Waals surface area contributed by atoms with Crippen molar-refractivity contribution in [2.24, 2.45) is 0 Å². The lowest BCUT2D eigenvalue weighted by Crippen LogP contribution is -2.34. The predicted octanol–water partition coefficient (Wildman–Crippen LogP) is 5.55. The lowest BCUT2D eigenvalue weighted by molar-refractivity contribution is -0.118. The van der Waals surface area contributed by atoms with Crippen molar-refractivity contribution in [3.8, 4) is 5.75 Å². The number of nitrogens with zero attached hydrogens (tertiary/aromatic N) is 1. The van der Waals surface area contributed by atoms with Gasteiger partial charge >= 0.3 is 0 Å². The van der Waals surface area contributed by atoms with Crippen LogP contribution in [0.1, 0.15) is 63.4 Å². The van der Waals surface area contributed by atoms with Crippen LogP contribution in [0.3, 0.4) is 0 Å². The minimum Gasteiger partial charge on any atom is -0.485 e. The summed E-state index contributed by atoms with van der Waals surface area (Å²) in [7, 11) is 0. The summed E-state index contributed by atoms with van der Waals surface area (Å²) < 4.78 is 6.38. The van der Waals surface area contributed by atoms with Crippen LogP contribution in [-0.2, 0) is 4.79 Å². The van der Waals surface area contributed by atoms with Crippen LogP contribution >= 0.6 is 11.3 Å². The number of carbonyl (C=O) groups is 1. The zero-order valence-corrected chi connectivity index (χ0v) is 17.8. The summed E-state index contributed by atoms with van der Waals surface area (Å²) >= 11 is 1.74. The zero-order valence-electron chi connectivity index (χ0n) is 17.0. The normalized spacial score (nSPS) is 18.7. The van der Waals surface area contributed by atoms with Crippen LogP contribution in [-0.4, -0.2) is 25.0 Å². The fourth-order valence-electron chi connectivity index (χ4n) is 3.79. The van der Waals surface area contributed by atoms with Gasteiger partial charge in [0.1, 0.15) is 11.9 Å². The first kappa shape index (κ1) is 20.9. The molecule has 3 rings (SSSR count). The highest BCUT2D eigenvalue weighted by Crippen LogP contribution is 2.32. The molecule has 28 heavy (non-hydrogen) atoms. The van der Waals surface area contributed by atoms with E-state index in [9.17, 15) is 4.79 Å². The molecule has 1 aromatic heterocycles. The second kappa shape index (κ2) is 10.6. The molecule has 0 saturated carbocycles. The van der Waals surface area contributed by atoms with Gasteiger partial charge in [0.2, 0.25) is 5.91 Å². The van der Waals surface area contributed by atoms with Gasteiger partial charge in [0.15, 0.2) is 0 Å². The van der Waals surface area contributed by atoms with Gasteiger partial charge in [-0.05, 0) is 55.8 Å². The molecule has 1 fully saturated rings. The summed E-state index contributed by atoms with van der Waals surface area (Å²) in [6, 6.07) is 12.6. The molecule has 0 aliphatic carbocycles. The fraction of sp³-hybridized carbons (Fsp3) is 0.522. The van der Waals surface area contributed by atoms with Crippen molar-refractivity contribution in [3.05, 3.63) is 46.7 Å². The Labute approximate surface area is 172 Å². The quantitative estimate of drug-likeness (QED) is 0.600. The van der Waals surface area contributed by atoms with Gasteiger partial charge in [-0.1, -0.05) is 32.4 Å². The van der Waals surface area contributed by atoms with Crippen LogP contribution < -0.4 is 15.0 Å². The molecule has 1 unspecified atom stereocenters. The summed E-state index contributed by atoms with van der Waals surface area (Å²) in [4.78, 5) is 16.0. The number of anilines is 1. The molecule has 5 heteroatoms. The minimum absolute atomic E-state index is 0.0770. The van der Waals surface area contributed by atoms with Gasteiger partial charge in [-0.3, -0.25) is 4.79 Å². The maximum atomic E-state index is 12.8. The average molecular weight is 401 g/mol. The summed E-state index contributed by atoms with van der Waals surface area (Å²) in [6.07, 6.45) is 6.00. The monoisotopic (exact) mass is 400 g/mol. The molecule has 1 N–H and O–H groups in total. The third kappa shape index (κ3) is 5.58. The lowest BCUT2D eigenvalue weighted by Gasteiger charge is -2.23. The first-order valence-electron chi connectivity index (χ1n) is 10.5. The molecule has 1 amide bonds. The van der Waals surface area contributed by atoms with Crippen LogP contribution in [0, 0.1) is 0 Å². The van der Waals surface area contributed by atoms with Crippen molar-refractivity contribution in [3.63, 3.8) is 0 Å². The Kier molecular flexibility index (Phi) is 7.92. The topological polar surface area (TPSA) is 41.6 Å². The van der Waals surface area contributed by atoms with Gasteiger partial charge < -0.3 is 15.0 Å². The molecule has 0 radical (unpaired) electrons. The molecule has 0 spiro atoms. The van der Waals surface area contributed by atoms with Crippen LogP contribution in [0.5, 0.6) is 5.75 Å². The number of amides is 1. The van der Waals surface area contributed by atoms with Gasteiger partial charge in [-0.2, -0.15) is 0 Å². The Morgan fingerprint density at radius 3 is 2.93 bits per heavy atom. The van der Waals surface area contributed by atoms with E-state index in [2.05, 4.69) is 36.7 Å². The Balaban J connectivity index is 1.73. The largest absolute Gasteiger partial charge is 0.485 e. The van der Waals surface area contributed by atoms with E-state index in [-0.39, 0.29) is 12.0 Å². The third-order valence-electron chi connectivity index (χ3n) is 5.24. The molecular weight excluding hydrogens is 368 g/mol. The standard InChI is InChI=1S/C23H32N2O2S/c1-3-5-12-21(22-13-8-15-28-22)27-20-11-6-10-19(17-20)25-14-7-9-18(24-4-2)16-23(25)26/h6,8,10-11,13,15,17-18,21,24H,3-5,7,9,12,14,16H2,1-2H3/t18?,21-/m0/s1. The molecule has 4 nitrogen and oxygen atoms in total. The van der Waals surface area contributed by atoms with Crippen LogP contribution in [0.25, 0.3) is 0 Å². The summed E-state index contributed by atoms with van der Waals surface area (Å²) in [5, 5.41) is 5.53. The Hall–Kier alpha value is -1.85. The Morgan fingerprint density at radius 1 is 1.29 bits per heavy atom. The van der Waals surface area contributed by atoms with Crippen LogP contribution in [0.2, 0.25) is 0 Å². The van der Waals surface area contributed by atoms with E-state index in [4.69, 9.17) is 4.74 Å². The second-order valence-electron chi connectivity index (χ2n) is 7.41. The van der Waals surface area contributed by atoms with Crippen molar-refractivity contribution < 1.29 is 9.53 Å². The van der Waals surface area contributed by atoms with Gasteiger partial charge in [0, 0.05) is 35.6 Å². The number of carbonyl (C=O) groups excluding carboxylic acids is 1. The predicted molar refractivity (Wildman–Crippen MR) is 117 cm³/mol. The van der Waals surface area contributed by atoms with E-state index >= 15 is 0 Å². The minimum atomic E-state index is 0.0770. The van der Waals surface area contributed by atoms with Crippen molar-refractivity contribution in [2.75, 3.05) is 18.0 Å². The maximum Gasteiger partial charge on any atom is 0.228 e. The number of unbranched alkanes of at least 4 members (excludes halogenated alkanes) is 1. The van der Waals surface area contributed by atoms with Crippen LogP contribution in [0.4, 0.5) is 5.69 Å². The van der Waals surface area contributed by atoms with Gasteiger partial charge in [-0.25, -0.2) is 0 Å². The number of ether oxygens (including phenoxy) is 1. The number of benzene rings is 1. The van der Waals surface area contributed by atoms with E-state index in [1.807, 2.05) is 29.2 Å². The maximum absolute atomic E-state index is 12.8. The number of thiophene rings is 1. The van der Waals surface area contributed by atoms with Gasteiger partial charge in [0.25, 0.3) is 0 Å². The van der Waals surface area contributed by atoms with Crippen molar-refractivity contribution in [2.45, 2.75) is 64.5 Å². The first-order chi connectivity index (χ1) is 13.7. The molecule has 2 atom stereocenters. The smallest absolute Gasteiger partial charge is 0.228 e. The summed E-state index contributed by atoms with van der Waals surface area (Å²) in [5.74, 6) is 1.04. The summed E-state index contributed by atoms with van der Waals surface area (Å²) in [6.45, 7) is 5.98. The van der Waals surface area contributed by atoms with Crippen molar-refractivity contribution in [1.82, 2.24) is 5.32 Å². The highest BCUT2D eigenvalue weighted by atomic mass is 32.1. The van der Waals surface area contributed by atoms with Crippen molar-refractivity contribution in [1.29, 1.82) is 0 Å². The molecule has 0 bridgehead atoms. The summed E-state index contributed by atoms with van der Waals surface area (Å²) in [5.41, 5.74) is 0.945. The number of hydrogen-bond acceptors (Lipinski definition) is 4. The second-order valence-corrected chi connectivity index (χ2v) is 8.39. The SMILES string of the molecule is CCCC[C@H](Oc1cccc(N2CCCC(NCC)CC2=O)c1)c1cccs1. The Morgan fingerprint density at radius 2 is 2.18 bits per heavy atom. The Bertz CT molecular complexity index is 732. The average Bonchev–Trinajstić information content (AvgIpc) is 3.16. The van der Waals surface area contributed by atoms with E-state index < -0.39 is 0 Å². The molecule has 1 saturated heterocycles.